The van der Waals surface area contributed by atoms with Gasteiger partial charge in [-0.2, -0.15) is 0 Å². The highest BCUT2D eigenvalue weighted by Gasteiger charge is 2.32. The highest BCUT2D eigenvalue weighted by molar-refractivity contribution is 5.79. The number of likely N-dealkylation sites (tertiary alicyclic amines) is 1. The number of fused-ring (bicyclic) bond motifs is 1. The molecule has 5 rings (SSSR count). The maximum absolute atomic E-state index is 13.1. The quantitative estimate of drug-likeness (QED) is 0.442. The number of benzene rings is 2. The van der Waals surface area contributed by atoms with Gasteiger partial charge in [-0.25, -0.2) is 4.98 Å². The summed E-state index contributed by atoms with van der Waals surface area (Å²) in [4.78, 5) is 20.0. The van der Waals surface area contributed by atoms with Gasteiger partial charge in [0.1, 0.15) is 23.9 Å². The molecule has 7 heteroatoms. The monoisotopic (exact) mass is 488 g/mol. The zero-order chi connectivity index (χ0) is 24.7. The standard InChI is InChI=1S/C29H36N4O3/c1-32-14-12-30-28(32)20-33-18-22(21-36-27-11-10-23-6-5-7-24(23)17-27)16-25(19-33)29(34)31-13-15-35-26-8-3-2-4-9-26/h2-4,8-12,14,17,22,25H,5-7,13,15-16,18-21H2,1H3,(H,31,34)/t22-,25+/m0/s1. The van der Waals surface area contributed by atoms with Crippen LogP contribution in [-0.4, -0.2) is 53.2 Å². The molecule has 2 aromatic carbocycles. The summed E-state index contributed by atoms with van der Waals surface area (Å²) in [7, 11) is 2.01. The molecule has 0 saturated carbocycles. The van der Waals surface area contributed by atoms with E-state index in [0.717, 1.165) is 43.3 Å². The number of aromatic nitrogens is 2. The summed E-state index contributed by atoms with van der Waals surface area (Å²) >= 11 is 0. The molecule has 0 bridgehead atoms. The molecule has 0 unspecified atom stereocenters. The van der Waals surface area contributed by atoms with Gasteiger partial charge in [0.2, 0.25) is 5.91 Å². The van der Waals surface area contributed by atoms with Gasteiger partial charge in [0.25, 0.3) is 0 Å². The molecule has 7 nitrogen and oxygen atoms in total. The van der Waals surface area contributed by atoms with Crippen molar-refractivity contribution in [3.8, 4) is 11.5 Å². The van der Waals surface area contributed by atoms with Crippen LogP contribution in [0.4, 0.5) is 0 Å². The zero-order valence-electron chi connectivity index (χ0n) is 21.1. The van der Waals surface area contributed by atoms with Crippen LogP contribution in [0.3, 0.4) is 0 Å². The lowest BCUT2D eigenvalue weighted by Crippen LogP contribution is -2.48. The third-order valence-electron chi connectivity index (χ3n) is 7.24. The second kappa shape index (κ2) is 11.6. The lowest BCUT2D eigenvalue weighted by atomic mass is 9.89. The van der Waals surface area contributed by atoms with Gasteiger partial charge in [0.15, 0.2) is 0 Å². The summed E-state index contributed by atoms with van der Waals surface area (Å²) in [5.41, 5.74) is 2.87. The van der Waals surface area contributed by atoms with Gasteiger partial charge >= 0.3 is 0 Å². The molecule has 1 aliphatic carbocycles. The van der Waals surface area contributed by atoms with Gasteiger partial charge in [0.05, 0.1) is 25.6 Å². The van der Waals surface area contributed by atoms with E-state index in [1.807, 2.05) is 54.3 Å². The summed E-state index contributed by atoms with van der Waals surface area (Å²) < 4.78 is 14.0. The van der Waals surface area contributed by atoms with Crippen molar-refractivity contribution in [2.75, 3.05) is 32.8 Å². The van der Waals surface area contributed by atoms with Gasteiger partial charge in [-0.05, 0) is 61.1 Å². The number of carbonyl (C=O) groups excluding carboxylic acids is 1. The molecule has 1 saturated heterocycles. The van der Waals surface area contributed by atoms with Crippen LogP contribution in [0.2, 0.25) is 0 Å². The van der Waals surface area contributed by atoms with E-state index in [4.69, 9.17) is 9.47 Å². The number of aryl methyl sites for hydroxylation is 3. The van der Waals surface area contributed by atoms with Crippen LogP contribution >= 0.6 is 0 Å². The van der Waals surface area contributed by atoms with Crippen LogP contribution in [0, 0.1) is 11.8 Å². The smallest absolute Gasteiger partial charge is 0.224 e. The summed E-state index contributed by atoms with van der Waals surface area (Å²) in [5.74, 6) is 3.02. The average molecular weight is 489 g/mol. The largest absolute Gasteiger partial charge is 0.493 e. The number of amides is 1. The predicted molar refractivity (Wildman–Crippen MR) is 139 cm³/mol. The molecule has 2 aliphatic rings. The van der Waals surface area contributed by atoms with E-state index >= 15 is 0 Å². The maximum atomic E-state index is 13.1. The fourth-order valence-corrected chi connectivity index (χ4v) is 5.35. The number of nitrogens with zero attached hydrogens (tertiary/aromatic N) is 3. The molecule has 2 heterocycles. The number of carbonyl (C=O) groups is 1. The van der Waals surface area contributed by atoms with E-state index in [-0.39, 0.29) is 17.7 Å². The van der Waals surface area contributed by atoms with Gasteiger partial charge in [-0.3, -0.25) is 9.69 Å². The highest BCUT2D eigenvalue weighted by atomic mass is 16.5. The Labute approximate surface area is 213 Å². The Morgan fingerprint density at radius 2 is 1.92 bits per heavy atom. The lowest BCUT2D eigenvalue weighted by molar-refractivity contribution is -0.128. The fraction of sp³-hybridized carbons (Fsp3) is 0.448. The Morgan fingerprint density at radius 1 is 1.06 bits per heavy atom. The summed E-state index contributed by atoms with van der Waals surface area (Å²) in [6.07, 6.45) is 8.15. The molecule has 0 spiro atoms. The molecule has 1 aliphatic heterocycles. The van der Waals surface area contributed by atoms with Crippen molar-refractivity contribution in [2.45, 2.75) is 32.2 Å². The molecule has 36 heavy (non-hydrogen) atoms. The number of hydrogen-bond donors (Lipinski definition) is 1. The van der Waals surface area contributed by atoms with Crippen LogP contribution in [-0.2, 0) is 31.2 Å². The first-order chi connectivity index (χ1) is 17.6. The van der Waals surface area contributed by atoms with Crippen molar-refractivity contribution in [3.63, 3.8) is 0 Å². The Hall–Kier alpha value is -3.32. The topological polar surface area (TPSA) is 68.6 Å². The molecule has 1 N–H and O–H groups in total. The number of para-hydroxylation sites is 1. The zero-order valence-corrected chi connectivity index (χ0v) is 21.1. The molecule has 190 valence electrons. The van der Waals surface area contributed by atoms with Crippen LogP contribution in [0.15, 0.2) is 60.9 Å². The number of piperidine rings is 1. The summed E-state index contributed by atoms with van der Waals surface area (Å²) in [6.45, 7) is 3.87. The first-order valence-corrected chi connectivity index (χ1v) is 13.0. The molecule has 1 fully saturated rings. The third-order valence-corrected chi connectivity index (χ3v) is 7.24. The van der Waals surface area contributed by atoms with Crippen molar-refractivity contribution >= 4 is 5.91 Å². The van der Waals surface area contributed by atoms with Crippen molar-refractivity contribution in [2.24, 2.45) is 18.9 Å². The van der Waals surface area contributed by atoms with Gasteiger partial charge in [0, 0.05) is 38.4 Å². The number of hydrogen-bond acceptors (Lipinski definition) is 5. The van der Waals surface area contributed by atoms with Crippen molar-refractivity contribution in [1.82, 2.24) is 19.8 Å². The summed E-state index contributed by atoms with van der Waals surface area (Å²) in [6, 6.07) is 16.2. The Balaban J connectivity index is 1.18. The minimum atomic E-state index is -0.0932. The van der Waals surface area contributed by atoms with Crippen LogP contribution in [0.5, 0.6) is 11.5 Å². The van der Waals surface area contributed by atoms with Crippen molar-refractivity contribution in [1.29, 1.82) is 0 Å². The molecule has 1 aromatic heterocycles. The first-order valence-electron chi connectivity index (χ1n) is 13.0. The van der Waals surface area contributed by atoms with Crippen LogP contribution < -0.4 is 14.8 Å². The normalized spacial score (nSPS) is 19.6. The van der Waals surface area contributed by atoms with Crippen molar-refractivity contribution in [3.05, 3.63) is 77.9 Å². The number of nitrogens with one attached hydrogen (secondary N) is 1. The Morgan fingerprint density at radius 3 is 2.75 bits per heavy atom. The number of rotatable bonds is 10. The van der Waals surface area contributed by atoms with E-state index < -0.39 is 0 Å². The SMILES string of the molecule is Cn1ccnc1CN1C[C@@H](COc2ccc3c(c2)CCC3)C[C@@H](C(=O)NCCOc2ccccc2)C1. The minimum Gasteiger partial charge on any atom is -0.493 e. The Bertz CT molecular complexity index is 1150. The van der Waals surface area contributed by atoms with Gasteiger partial charge < -0.3 is 19.4 Å². The van der Waals surface area contributed by atoms with E-state index in [9.17, 15) is 4.79 Å². The Kier molecular flexibility index (Phi) is 7.86. The molecule has 3 aromatic rings. The maximum Gasteiger partial charge on any atom is 0.224 e. The number of ether oxygens (including phenoxy) is 2. The lowest BCUT2D eigenvalue weighted by Gasteiger charge is -2.36. The van der Waals surface area contributed by atoms with Crippen LogP contribution in [0.25, 0.3) is 0 Å². The minimum absolute atomic E-state index is 0.0822. The molecular weight excluding hydrogens is 452 g/mol. The number of imidazole rings is 1. The fourth-order valence-electron chi connectivity index (χ4n) is 5.35. The van der Waals surface area contributed by atoms with Gasteiger partial charge in [-0.1, -0.05) is 24.3 Å². The summed E-state index contributed by atoms with van der Waals surface area (Å²) in [5, 5.41) is 3.08. The van der Waals surface area contributed by atoms with E-state index in [0.29, 0.717) is 26.3 Å². The molecule has 2 atom stereocenters. The van der Waals surface area contributed by atoms with Gasteiger partial charge in [-0.15, -0.1) is 0 Å². The van der Waals surface area contributed by atoms with Crippen molar-refractivity contribution < 1.29 is 14.3 Å². The van der Waals surface area contributed by atoms with Crippen LogP contribution in [0.1, 0.15) is 29.8 Å². The third kappa shape index (κ3) is 6.26. The highest BCUT2D eigenvalue weighted by Crippen LogP contribution is 2.28. The second-order valence-corrected chi connectivity index (χ2v) is 9.99. The first kappa shape index (κ1) is 24.4. The molecule has 1 amide bonds. The van der Waals surface area contributed by atoms with E-state index in [2.05, 4.69) is 33.4 Å². The predicted octanol–water partition coefficient (Wildman–Crippen LogP) is 3.62. The second-order valence-electron chi connectivity index (χ2n) is 9.99. The average Bonchev–Trinajstić information content (AvgIpc) is 3.54. The van der Waals surface area contributed by atoms with E-state index in [1.165, 1.54) is 24.0 Å². The molecular formula is C29H36N4O3. The van der Waals surface area contributed by atoms with E-state index in [1.54, 1.807) is 0 Å². The molecule has 0 radical (unpaired) electrons.